The van der Waals surface area contributed by atoms with Gasteiger partial charge in [0.05, 0.1) is 25.5 Å². The van der Waals surface area contributed by atoms with Crippen molar-refractivity contribution in [3.63, 3.8) is 0 Å². The fourth-order valence-corrected chi connectivity index (χ4v) is 2.54. The summed E-state index contributed by atoms with van der Waals surface area (Å²) < 4.78 is 28.0. The van der Waals surface area contributed by atoms with Crippen LogP contribution in [0.2, 0.25) is 0 Å². The van der Waals surface area contributed by atoms with E-state index in [0.717, 1.165) is 0 Å². The lowest BCUT2D eigenvalue weighted by molar-refractivity contribution is -0.116. The number of nitrogens with one attached hydrogen (secondary N) is 1. The fraction of sp³-hybridized carbons (Fsp3) is 0.200. The number of amides is 1. The van der Waals surface area contributed by atoms with Crippen LogP contribution in [0.5, 0.6) is 5.75 Å². The number of ether oxygens (including phenoxy) is 2. The molecule has 8 nitrogen and oxygen atoms in total. The first-order chi connectivity index (χ1) is 14.0. The number of hydrogen-bond donors (Lipinski definition) is 1. The van der Waals surface area contributed by atoms with Gasteiger partial charge in [-0.2, -0.15) is 4.98 Å². The molecule has 1 N–H and O–H groups in total. The van der Waals surface area contributed by atoms with Gasteiger partial charge in [0, 0.05) is 18.4 Å². The predicted octanol–water partition coefficient (Wildman–Crippen LogP) is 3.24. The summed E-state index contributed by atoms with van der Waals surface area (Å²) in [5, 5.41) is 6.50. The summed E-state index contributed by atoms with van der Waals surface area (Å²) in [7, 11) is 2.72. The van der Waals surface area contributed by atoms with E-state index in [-0.39, 0.29) is 36.0 Å². The Labute approximate surface area is 165 Å². The highest BCUT2D eigenvalue weighted by Crippen LogP contribution is 2.23. The van der Waals surface area contributed by atoms with Crippen molar-refractivity contribution in [1.29, 1.82) is 0 Å². The zero-order valence-corrected chi connectivity index (χ0v) is 15.8. The summed E-state index contributed by atoms with van der Waals surface area (Å²) in [5.74, 6) is -0.269. The first-order valence-electron chi connectivity index (χ1n) is 8.65. The SMILES string of the molecule is COC(=O)c1cc(OC)ccc1NC(=O)CCc1nc(-c2ccc(F)cc2)no1. The maximum Gasteiger partial charge on any atom is 0.340 e. The van der Waals surface area contributed by atoms with Gasteiger partial charge in [-0.1, -0.05) is 5.16 Å². The zero-order chi connectivity index (χ0) is 20.8. The van der Waals surface area contributed by atoms with Gasteiger partial charge in [-0.05, 0) is 42.5 Å². The van der Waals surface area contributed by atoms with Crippen molar-refractivity contribution >= 4 is 17.6 Å². The lowest BCUT2D eigenvalue weighted by Gasteiger charge is -2.11. The molecule has 0 spiro atoms. The Kier molecular flexibility index (Phi) is 6.18. The van der Waals surface area contributed by atoms with Gasteiger partial charge in [0.25, 0.3) is 0 Å². The molecule has 0 saturated heterocycles. The maximum absolute atomic E-state index is 13.0. The standard InChI is InChI=1S/C20H18FN3O5/c1-27-14-7-8-16(15(11-14)20(26)28-2)22-17(25)9-10-18-23-19(24-29-18)12-3-5-13(21)6-4-12/h3-8,11H,9-10H2,1-2H3,(H,22,25). The number of esters is 1. The van der Waals surface area contributed by atoms with E-state index < -0.39 is 5.97 Å². The lowest BCUT2D eigenvalue weighted by atomic mass is 10.1. The average Bonchev–Trinajstić information content (AvgIpc) is 3.21. The average molecular weight is 399 g/mol. The Bertz CT molecular complexity index is 1020. The molecular weight excluding hydrogens is 381 g/mol. The molecule has 1 aromatic heterocycles. The maximum atomic E-state index is 13.0. The van der Waals surface area contributed by atoms with Crippen molar-refractivity contribution < 1.29 is 28.0 Å². The topological polar surface area (TPSA) is 104 Å². The number of nitrogens with zero attached hydrogens (tertiary/aromatic N) is 2. The second-order valence-electron chi connectivity index (χ2n) is 5.97. The Morgan fingerprint density at radius 1 is 1.14 bits per heavy atom. The van der Waals surface area contributed by atoms with Crippen LogP contribution in [0.15, 0.2) is 47.0 Å². The van der Waals surface area contributed by atoms with E-state index in [2.05, 4.69) is 15.5 Å². The van der Waals surface area contributed by atoms with Crippen molar-refractivity contribution in [2.24, 2.45) is 0 Å². The highest BCUT2D eigenvalue weighted by molar-refractivity contribution is 6.01. The van der Waals surface area contributed by atoms with Gasteiger partial charge in [-0.3, -0.25) is 4.79 Å². The van der Waals surface area contributed by atoms with Gasteiger partial charge in [0.2, 0.25) is 17.6 Å². The minimum Gasteiger partial charge on any atom is -0.497 e. The number of carbonyl (C=O) groups is 2. The van der Waals surface area contributed by atoms with E-state index in [1.807, 2.05) is 0 Å². The van der Waals surface area contributed by atoms with Crippen LogP contribution < -0.4 is 10.1 Å². The summed E-state index contributed by atoms with van der Waals surface area (Å²) in [6, 6.07) is 10.3. The second-order valence-corrected chi connectivity index (χ2v) is 5.97. The number of aromatic nitrogens is 2. The third-order valence-electron chi connectivity index (χ3n) is 4.04. The molecule has 0 bridgehead atoms. The molecule has 29 heavy (non-hydrogen) atoms. The summed E-state index contributed by atoms with van der Waals surface area (Å²) in [6.07, 6.45) is 0.251. The Morgan fingerprint density at radius 3 is 2.59 bits per heavy atom. The van der Waals surface area contributed by atoms with Gasteiger partial charge in [-0.25, -0.2) is 9.18 Å². The van der Waals surface area contributed by atoms with E-state index >= 15 is 0 Å². The molecule has 0 atom stereocenters. The van der Waals surface area contributed by atoms with E-state index in [1.165, 1.54) is 44.6 Å². The molecule has 150 valence electrons. The largest absolute Gasteiger partial charge is 0.497 e. The zero-order valence-electron chi connectivity index (χ0n) is 15.8. The monoisotopic (exact) mass is 399 g/mol. The highest BCUT2D eigenvalue weighted by atomic mass is 19.1. The van der Waals surface area contributed by atoms with Gasteiger partial charge in [0.1, 0.15) is 11.6 Å². The quantitative estimate of drug-likeness (QED) is 0.608. The van der Waals surface area contributed by atoms with Crippen molar-refractivity contribution in [3.05, 3.63) is 59.7 Å². The van der Waals surface area contributed by atoms with Crippen LogP contribution in [0.25, 0.3) is 11.4 Å². The van der Waals surface area contributed by atoms with Crippen LogP contribution in [-0.4, -0.2) is 36.2 Å². The number of halogens is 1. The van der Waals surface area contributed by atoms with E-state index in [1.54, 1.807) is 12.1 Å². The first-order valence-corrected chi connectivity index (χ1v) is 8.65. The highest BCUT2D eigenvalue weighted by Gasteiger charge is 2.16. The normalized spacial score (nSPS) is 10.4. The summed E-state index contributed by atoms with van der Waals surface area (Å²) in [4.78, 5) is 28.4. The van der Waals surface area contributed by atoms with Crippen LogP contribution >= 0.6 is 0 Å². The minimum absolute atomic E-state index is 0.0533. The number of benzene rings is 2. The number of hydrogen-bond acceptors (Lipinski definition) is 7. The van der Waals surface area contributed by atoms with Crippen LogP contribution in [0, 0.1) is 5.82 Å². The van der Waals surface area contributed by atoms with Crippen LogP contribution in [0.3, 0.4) is 0 Å². The molecule has 9 heteroatoms. The number of aryl methyl sites for hydroxylation is 1. The molecule has 1 amide bonds. The first kappa shape index (κ1) is 20.0. The van der Waals surface area contributed by atoms with Crippen LogP contribution in [0.1, 0.15) is 22.7 Å². The van der Waals surface area contributed by atoms with Crippen molar-refractivity contribution in [3.8, 4) is 17.1 Å². The van der Waals surface area contributed by atoms with E-state index in [0.29, 0.717) is 22.8 Å². The summed E-state index contributed by atoms with van der Waals surface area (Å²) in [6.45, 7) is 0. The van der Waals surface area contributed by atoms with Gasteiger partial charge in [-0.15, -0.1) is 0 Å². The number of carbonyl (C=O) groups excluding carboxylic acids is 2. The number of methoxy groups -OCH3 is 2. The van der Waals surface area contributed by atoms with Crippen LogP contribution in [0.4, 0.5) is 10.1 Å². The molecule has 0 saturated carbocycles. The van der Waals surface area contributed by atoms with Crippen molar-refractivity contribution in [2.75, 3.05) is 19.5 Å². The molecule has 0 radical (unpaired) electrons. The number of rotatable bonds is 7. The molecule has 0 aliphatic heterocycles. The molecule has 2 aromatic carbocycles. The van der Waals surface area contributed by atoms with E-state index in [9.17, 15) is 14.0 Å². The van der Waals surface area contributed by atoms with Crippen molar-refractivity contribution in [1.82, 2.24) is 10.1 Å². The third kappa shape index (κ3) is 4.95. The van der Waals surface area contributed by atoms with E-state index in [4.69, 9.17) is 14.0 Å². The van der Waals surface area contributed by atoms with Gasteiger partial charge in [0.15, 0.2) is 0 Å². The molecule has 3 aromatic rings. The van der Waals surface area contributed by atoms with Gasteiger partial charge >= 0.3 is 5.97 Å². The Hall–Kier alpha value is -3.75. The Balaban J connectivity index is 1.63. The fourth-order valence-electron chi connectivity index (χ4n) is 2.54. The molecule has 0 fully saturated rings. The molecule has 0 aliphatic carbocycles. The lowest BCUT2D eigenvalue weighted by Crippen LogP contribution is -2.16. The number of anilines is 1. The van der Waals surface area contributed by atoms with Crippen molar-refractivity contribution in [2.45, 2.75) is 12.8 Å². The summed E-state index contributed by atoms with van der Waals surface area (Å²) >= 11 is 0. The second kappa shape index (κ2) is 8.96. The molecule has 1 heterocycles. The predicted molar refractivity (Wildman–Crippen MR) is 101 cm³/mol. The van der Waals surface area contributed by atoms with Gasteiger partial charge < -0.3 is 19.3 Å². The molecular formula is C20H18FN3O5. The Morgan fingerprint density at radius 2 is 1.90 bits per heavy atom. The van der Waals surface area contributed by atoms with Crippen LogP contribution in [-0.2, 0) is 16.0 Å². The molecule has 0 aliphatic rings. The smallest absolute Gasteiger partial charge is 0.340 e. The summed E-state index contributed by atoms with van der Waals surface area (Å²) in [5.41, 5.74) is 1.09. The minimum atomic E-state index is -0.597. The third-order valence-corrected chi connectivity index (χ3v) is 4.04. The molecule has 3 rings (SSSR count). The molecule has 0 unspecified atom stereocenters.